The summed E-state index contributed by atoms with van der Waals surface area (Å²) >= 11 is 0. The molecule has 0 aliphatic heterocycles. The zero-order chi connectivity index (χ0) is 20.7. The zero-order valence-electron chi connectivity index (χ0n) is 17.7. The van der Waals surface area contributed by atoms with E-state index >= 15 is 0 Å². The molecule has 0 bridgehead atoms. The Morgan fingerprint density at radius 2 is 1.63 bits per heavy atom. The second-order valence-corrected chi connectivity index (χ2v) is 8.28. The molecule has 0 atom stereocenters. The topological polar surface area (TPSA) is 7.12 Å². The molecule has 2 aromatic rings. The van der Waals surface area contributed by atoms with Crippen LogP contribution in [-0.4, -0.2) is 6.54 Å². The van der Waals surface area contributed by atoms with Crippen molar-refractivity contribution in [3.8, 4) is 0 Å². The van der Waals surface area contributed by atoms with Gasteiger partial charge in [0.1, 0.15) is 12.7 Å². The van der Waals surface area contributed by atoms with E-state index in [0.717, 1.165) is 36.7 Å². The van der Waals surface area contributed by atoms with E-state index in [1.807, 2.05) is 36.1 Å². The molecular formula is C24H33F3IN2+. The molecule has 1 aliphatic rings. The van der Waals surface area contributed by atoms with Gasteiger partial charge in [-0.1, -0.05) is 51.4 Å². The van der Waals surface area contributed by atoms with Gasteiger partial charge in [0.15, 0.2) is 12.4 Å². The van der Waals surface area contributed by atoms with Gasteiger partial charge in [-0.3, -0.25) is 0 Å². The van der Waals surface area contributed by atoms with Crippen LogP contribution in [-0.2, 0) is 13.2 Å². The van der Waals surface area contributed by atoms with E-state index in [1.54, 1.807) is 12.1 Å². The van der Waals surface area contributed by atoms with Gasteiger partial charge < -0.3 is 4.90 Å². The fourth-order valence-electron chi connectivity index (χ4n) is 4.32. The number of aromatic nitrogens is 1. The molecule has 0 radical (unpaired) electrons. The number of unbranched alkanes of at least 4 members (excludes halogenated alkanes) is 2. The minimum absolute atomic E-state index is 0. The number of aryl methyl sites for hydroxylation is 1. The van der Waals surface area contributed by atoms with Crippen LogP contribution in [0.1, 0.15) is 63.4 Å². The Morgan fingerprint density at radius 3 is 2.27 bits per heavy atom. The van der Waals surface area contributed by atoms with E-state index in [1.165, 1.54) is 57.1 Å². The molecule has 1 saturated carbocycles. The summed E-state index contributed by atoms with van der Waals surface area (Å²) in [5.41, 5.74) is 1.20. The average Bonchev–Trinajstić information content (AvgIpc) is 2.71. The highest BCUT2D eigenvalue weighted by Crippen LogP contribution is 2.32. The van der Waals surface area contributed by atoms with Crippen molar-refractivity contribution in [2.75, 3.05) is 11.4 Å². The van der Waals surface area contributed by atoms with Gasteiger partial charge in [0.2, 0.25) is 0 Å². The Bertz CT molecular complexity index is 756. The van der Waals surface area contributed by atoms with Crippen molar-refractivity contribution >= 4 is 35.4 Å². The summed E-state index contributed by atoms with van der Waals surface area (Å²) in [5, 5.41) is 0. The van der Waals surface area contributed by atoms with Crippen LogP contribution in [0, 0.1) is 5.92 Å². The number of alkyl halides is 3. The molecule has 1 aliphatic carbocycles. The molecule has 6 heteroatoms. The summed E-state index contributed by atoms with van der Waals surface area (Å²) in [6.07, 6.45) is 11.4. The van der Waals surface area contributed by atoms with Gasteiger partial charge in [0.05, 0.1) is 5.56 Å². The monoisotopic (exact) mass is 533 g/mol. The largest absolute Gasteiger partial charge is 0.416 e. The van der Waals surface area contributed by atoms with Crippen molar-refractivity contribution in [3.63, 3.8) is 0 Å². The Labute approximate surface area is 195 Å². The fraction of sp³-hybridized carbons (Fsp3) is 0.542. The standard InChI is InChI=1S/C24H32F3N2.HI/c1-28-17-8-12-23(19-28)29(22-15-13-21(14-16-22)24(25,26)27)18-7-3-6-11-20-9-4-2-5-10-20;/h8,12-17,19-20H,2-7,9-11,18H2,1H3;1H/q+1;. The Balaban J connectivity index is 0.00000320. The summed E-state index contributed by atoms with van der Waals surface area (Å²) in [4.78, 5) is 2.13. The van der Waals surface area contributed by atoms with Crippen LogP contribution in [0.5, 0.6) is 0 Å². The fourth-order valence-corrected chi connectivity index (χ4v) is 4.32. The molecule has 166 valence electrons. The second-order valence-electron chi connectivity index (χ2n) is 8.28. The van der Waals surface area contributed by atoms with E-state index in [2.05, 4.69) is 4.90 Å². The van der Waals surface area contributed by atoms with E-state index in [-0.39, 0.29) is 24.0 Å². The third kappa shape index (κ3) is 7.43. The molecule has 1 aromatic carbocycles. The van der Waals surface area contributed by atoms with Crippen molar-refractivity contribution in [3.05, 3.63) is 54.4 Å². The van der Waals surface area contributed by atoms with Crippen molar-refractivity contribution in [1.82, 2.24) is 0 Å². The first-order valence-electron chi connectivity index (χ1n) is 10.8. The SMILES string of the molecule is C[n+]1cccc(N(CCCCCC2CCCCC2)c2ccc(C(F)(F)F)cc2)c1.I. The average molecular weight is 533 g/mol. The second kappa shape index (κ2) is 11.9. The van der Waals surface area contributed by atoms with Gasteiger partial charge in [0, 0.05) is 18.3 Å². The highest BCUT2D eigenvalue weighted by Gasteiger charge is 2.30. The van der Waals surface area contributed by atoms with E-state index in [9.17, 15) is 13.2 Å². The number of halogens is 4. The quantitative estimate of drug-likeness (QED) is 0.195. The normalized spacial score (nSPS) is 14.9. The van der Waals surface area contributed by atoms with Gasteiger partial charge >= 0.3 is 6.18 Å². The van der Waals surface area contributed by atoms with Crippen molar-refractivity contribution in [2.24, 2.45) is 13.0 Å². The maximum absolute atomic E-state index is 12.9. The summed E-state index contributed by atoms with van der Waals surface area (Å²) in [5.74, 6) is 0.905. The molecular weight excluding hydrogens is 500 g/mol. The molecule has 3 rings (SSSR count). The molecule has 0 unspecified atom stereocenters. The van der Waals surface area contributed by atoms with Crippen LogP contribution in [0.15, 0.2) is 48.8 Å². The number of hydrogen-bond donors (Lipinski definition) is 0. The summed E-state index contributed by atoms with van der Waals surface area (Å²) < 4.78 is 40.7. The zero-order valence-corrected chi connectivity index (χ0v) is 20.0. The Kier molecular flexibility index (Phi) is 9.91. The van der Waals surface area contributed by atoms with Crippen LogP contribution >= 0.6 is 24.0 Å². The minimum atomic E-state index is -4.30. The lowest BCUT2D eigenvalue weighted by atomic mass is 9.85. The lowest BCUT2D eigenvalue weighted by molar-refractivity contribution is -0.670. The Hall–Kier alpha value is -1.31. The molecule has 0 amide bonds. The number of anilines is 2. The lowest BCUT2D eigenvalue weighted by Crippen LogP contribution is -2.29. The van der Waals surface area contributed by atoms with E-state index in [0.29, 0.717) is 0 Å². The molecule has 30 heavy (non-hydrogen) atoms. The number of benzene rings is 1. The first kappa shape index (κ1) is 25.0. The number of rotatable bonds is 8. The highest BCUT2D eigenvalue weighted by molar-refractivity contribution is 14.0. The summed E-state index contributed by atoms with van der Waals surface area (Å²) in [6.45, 7) is 0.806. The van der Waals surface area contributed by atoms with Gasteiger partial charge in [-0.25, -0.2) is 4.57 Å². The lowest BCUT2D eigenvalue weighted by Gasteiger charge is -2.25. The first-order chi connectivity index (χ1) is 13.9. The number of pyridine rings is 1. The first-order valence-corrected chi connectivity index (χ1v) is 10.8. The van der Waals surface area contributed by atoms with Crippen molar-refractivity contribution < 1.29 is 17.7 Å². The maximum Gasteiger partial charge on any atom is 0.416 e. The van der Waals surface area contributed by atoms with Gasteiger partial charge in [0.25, 0.3) is 0 Å². The van der Waals surface area contributed by atoms with E-state index in [4.69, 9.17) is 0 Å². The van der Waals surface area contributed by atoms with Crippen LogP contribution in [0.25, 0.3) is 0 Å². The molecule has 1 aromatic heterocycles. The predicted octanol–water partition coefficient (Wildman–Crippen LogP) is 7.43. The molecule has 1 heterocycles. The molecule has 0 N–H and O–H groups in total. The third-order valence-corrected chi connectivity index (χ3v) is 5.96. The van der Waals surface area contributed by atoms with Gasteiger partial charge in [-0.2, -0.15) is 13.2 Å². The van der Waals surface area contributed by atoms with Crippen LogP contribution in [0.2, 0.25) is 0 Å². The van der Waals surface area contributed by atoms with Crippen molar-refractivity contribution in [2.45, 2.75) is 64.0 Å². The van der Waals surface area contributed by atoms with Crippen molar-refractivity contribution in [1.29, 1.82) is 0 Å². The minimum Gasteiger partial charge on any atom is -0.337 e. The van der Waals surface area contributed by atoms with Crippen LogP contribution in [0.3, 0.4) is 0 Å². The molecule has 1 fully saturated rings. The number of nitrogens with zero attached hydrogens (tertiary/aromatic N) is 2. The Morgan fingerprint density at radius 1 is 0.933 bits per heavy atom. The predicted molar refractivity (Wildman–Crippen MR) is 127 cm³/mol. The molecule has 0 saturated heterocycles. The summed E-state index contributed by atoms with van der Waals surface area (Å²) in [6, 6.07) is 9.49. The van der Waals surface area contributed by atoms with Crippen LogP contribution < -0.4 is 9.47 Å². The summed E-state index contributed by atoms with van der Waals surface area (Å²) in [7, 11) is 1.96. The van der Waals surface area contributed by atoms with Crippen LogP contribution in [0.4, 0.5) is 24.5 Å². The third-order valence-electron chi connectivity index (χ3n) is 5.96. The number of hydrogen-bond acceptors (Lipinski definition) is 1. The maximum atomic E-state index is 12.9. The van der Waals surface area contributed by atoms with Gasteiger partial charge in [-0.15, -0.1) is 24.0 Å². The smallest absolute Gasteiger partial charge is 0.337 e. The highest BCUT2D eigenvalue weighted by atomic mass is 127. The van der Waals surface area contributed by atoms with Gasteiger partial charge in [-0.05, 0) is 42.7 Å². The van der Waals surface area contributed by atoms with E-state index < -0.39 is 11.7 Å². The molecule has 0 spiro atoms. The molecule has 2 nitrogen and oxygen atoms in total.